The lowest BCUT2D eigenvalue weighted by Gasteiger charge is -2.25. The molecule has 0 saturated carbocycles. The first-order valence-electron chi connectivity index (χ1n) is 10.3. The van der Waals surface area contributed by atoms with Gasteiger partial charge in [0.25, 0.3) is 5.91 Å². The van der Waals surface area contributed by atoms with E-state index in [1.165, 1.54) is 0 Å². The molecule has 3 aromatic rings. The summed E-state index contributed by atoms with van der Waals surface area (Å²) in [5.41, 5.74) is 1.44. The van der Waals surface area contributed by atoms with E-state index < -0.39 is 6.04 Å². The third kappa shape index (κ3) is 3.22. The zero-order valence-corrected chi connectivity index (χ0v) is 17.4. The van der Waals surface area contributed by atoms with Gasteiger partial charge in [-0.1, -0.05) is 31.5 Å². The van der Waals surface area contributed by atoms with Gasteiger partial charge in [-0.15, -0.1) is 0 Å². The number of ether oxygens (including phenoxy) is 2. The first kappa shape index (κ1) is 20.0. The minimum absolute atomic E-state index is 0.132. The van der Waals surface area contributed by atoms with Crippen molar-refractivity contribution >= 4 is 16.9 Å². The van der Waals surface area contributed by atoms with Crippen molar-refractivity contribution in [2.24, 2.45) is 0 Å². The van der Waals surface area contributed by atoms with Crippen molar-refractivity contribution in [3.05, 3.63) is 69.6 Å². The molecule has 2 heterocycles. The van der Waals surface area contributed by atoms with Crippen molar-refractivity contribution in [2.45, 2.75) is 32.7 Å². The Morgan fingerprint density at radius 3 is 2.60 bits per heavy atom. The van der Waals surface area contributed by atoms with Crippen LogP contribution >= 0.6 is 0 Å². The van der Waals surface area contributed by atoms with Crippen molar-refractivity contribution in [2.75, 3.05) is 20.3 Å². The van der Waals surface area contributed by atoms with E-state index in [0.29, 0.717) is 41.2 Å². The summed E-state index contributed by atoms with van der Waals surface area (Å²) in [4.78, 5) is 28.4. The predicted octanol–water partition coefficient (Wildman–Crippen LogP) is 4.55. The van der Waals surface area contributed by atoms with Crippen molar-refractivity contribution in [1.82, 2.24) is 4.90 Å². The maximum Gasteiger partial charge on any atom is 0.290 e. The Labute approximate surface area is 175 Å². The summed E-state index contributed by atoms with van der Waals surface area (Å²) in [6.07, 6.45) is 1.76. The van der Waals surface area contributed by atoms with Crippen LogP contribution in [-0.2, 0) is 0 Å². The summed E-state index contributed by atoms with van der Waals surface area (Å²) in [7, 11) is 1.58. The molecule has 1 aliphatic rings. The fourth-order valence-electron chi connectivity index (χ4n) is 4.00. The molecule has 1 aromatic heterocycles. The number of hydrogen-bond acceptors (Lipinski definition) is 5. The molecular weight excluding hydrogens is 382 g/mol. The molecule has 0 unspecified atom stereocenters. The van der Waals surface area contributed by atoms with Crippen LogP contribution in [0.2, 0.25) is 0 Å². The zero-order chi connectivity index (χ0) is 21.3. The minimum Gasteiger partial charge on any atom is -0.493 e. The van der Waals surface area contributed by atoms with Crippen molar-refractivity contribution in [1.29, 1.82) is 0 Å². The SMILES string of the molecule is CCCCN1C(=O)c2oc3ccccc3c(=O)c2[C@H]1c1ccc(OCC)c(OC)c1. The zero-order valence-electron chi connectivity index (χ0n) is 17.4. The highest BCUT2D eigenvalue weighted by Gasteiger charge is 2.42. The molecule has 0 spiro atoms. The Balaban J connectivity index is 1.92. The van der Waals surface area contributed by atoms with Crippen molar-refractivity contribution in [3.63, 3.8) is 0 Å². The lowest BCUT2D eigenvalue weighted by molar-refractivity contribution is 0.0725. The predicted molar refractivity (Wildman–Crippen MR) is 114 cm³/mol. The number of methoxy groups -OCH3 is 1. The van der Waals surface area contributed by atoms with Gasteiger partial charge < -0.3 is 18.8 Å². The van der Waals surface area contributed by atoms with E-state index in [0.717, 1.165) is 18.4 Å². The molecule has 30 heavy (non-hydrogen) atoms. The van der Waals surface area contributed by atoms with E-state index in [1.54, 1.807) is 36.3 Å². The second-order valence-corrected chi connectivity index (χ2v) is 7.27. The van der Waals surface area contributed by atoms with Crippen LogP contribution in [0.5, 0.6) is 11.5 Å². The van der Waals surface area contributed by atoms with Gasteiger partial charge in [0.15, 0.2) is 16.9 Å². The molecule has 156 valence electrons. The molecule has 1 aliphatic heterocycles. The third-order valence-electron chi connectivity index (χ3n) is 5.43. The summed E-state index contributed by atoms with van der Waals surface area (Å²) in [6, 6.07) is 12.1. The van der Waals surface area contributed by atoms with Gasteiger partial charge in [-0.05, 0) is 43.2 Å². The lowest BCUT2D eigenvalue weighted by Crippen LogP contribution is -2.30. The number of para-hydroxylation sites is 1. The summed E-state index contributed by atoms with van der Waals surface area (Å²) in [5.74, 6) is 1.07. The second kappa shape index (κ2) is 8.22. The molecule has 0 radical (unpaired) electrons. The van der Waals surface area contributed by atoms with Crippen LogP contribution in [-0.4, -0.2) is 31.1 Å². The highest BCUT2D eigenvalue weighted by atomic mass is 16.5. The van der Waals surface area contributed by atoms with Crippen molar-refractivity contribution in [3.8, 4) is 11.5 Å². The molecule has 4 rings (SSSR count). The Bertz CT molecular complexity index is 1150. The smallest absolute Gasteiger partial charge is 0.290 e. The van der Waals surface area contributed by atoms with E-state index in [9.17, 15) is 9.59 Å². The van der Waals surface area contributed by atoms with Gasteiger partial charge in [0.1, 0.15) is 5.58 Å². The van der Waals surface area contributed by atoms with E-state index in [2.05, 4.69) is 6.92 Å². The highest BCUT2D eigenvalue weighted by molar-refractivity contribution is 5.99. The first-order valence-corrected chi connectivity index (χ1v) is 10.3. The summed E-state index contributed by atoms with van der Waals surface area (Å²) < 4.78 is 17.1. The second-order valence-electron chi connectivity index (χ2n) is 7.27. The Hall–Kier alpha value is -3.28. The number of unbranched alkanes of at least 4 members (excludes halogenated alkanes) is 1. The van der Waals surface area contributed by atoms with Gasteiger partial charge in [0.05, 0.1) is 30.7 Å². The number of hydrogen-bond donors (Lipinski definition) is 0. The Kier molecular flexibility index (Phi) is 5.48. The lowest BCUT2D eigenvalue weighted by atomic mass is 9.98. The molecule has 2 aromatic carbocycles. The maximum absolute atomic E-state index is 13.4. The van der Waals surface area contributed by atoms with Crippen LogP contribution in [0.15, 0.2) is 51.7 Å². The normalized spacial score (nSPS) is 15.5. The Morgan fingerprint density at radius 2 is 1.87 bits per heavy atom. The fraction of sp³-hybridized carbons (Fsp3) is 0.333. The van der Waals surface area contributed by atoms with Gasteiger partial charge in [-0.2, -0.15) is 0 Å². The van der Waals surface area contributed by atoms with Crippen LogP contribution in [0.4, 0.5) is 0 Å². The minimum atomic E-state index is -0.524. The van der Waals surface area contributed by atoms with Crippen LogP contribution in [0, 0.1) is 0 Å². The van der Waals surface area contributed by atoms with Crippen molar-refractivity contribution < 1.29 is 18.7 Å². The van der Waals surface area contributed by atoms with E-state index in [1.807, 2.05) is 25.1 Å². The van der Waals surface area contributed by atoms with E-state index >= 15 is 0 Å². The van der Waals surface area contributed by atoms with Crippen LogP contribution in [0.1, 0.15) is 54.4 Å². The molecule has 6 heteroatoms. The quantitative estimate of drug-likeness (QED) is 0.575. The van der Waals surface area contributed by atoms with E-state index in [4.69, 9.17) is 13.9 Å². The maximum atomic E-state index is 13.4. The van der Waals surface area contributed by atoms with Gasteiger partial charge >= 0.3 is 0 Å². The van der Waals surface area contributed by atoms with Gasteiger partial charge in [-0.3, -0.25) is 9.59 Å². The van der Waals surface area contributed by atoms with Crippen LogP contribution in [0.25, 0.3) is 11.0 Å². The number of fused-ring (bicyclic) bond motifs is 2. The van der Waals surface area contributed by atoms with Crippen LogP contribution in [0.3, 0.4) is 0 Å². The Morgan fingerprint density at radius 1 is 1.07 bits per heavy atom. The van der Waals surface area contributed by atoms with Gasteiger partial charge in [-0.25, -0.2) is 0 Å². The monoisotopic (exact) mass is 407 g/mol. The molecule has 0 aliphatic carbocycles. The topological polar surface area (TPSA) is 69.0 Å². The van der Waals surface area contributed by atoms with Gasteiger partial charge in [0.2, 0.25) is 5.76 Å². The summed E-state index contributed by atoms with van der Waals surface area (Å²) in [5, 5.41) is 0.476. The average molecular weight is 407 g/mol. The number of amides is 1. The molecule has 1 amide bonds. The highest BCUT2D eigenvalue weighted by Crippen LogP contribution is 2.41. The first-order chi connectivity index (χ1) is 14.6. The number of rotatable bonds is 7. The van der Waals surface area contributed by atoms with Crippen LogP contribution < -0.4 is 14.9 Å². The number of carbonyl (C=O) groups excluding carboxylic acids is 1. The fourth-order valence-corrected chi connectivity index (χ4v) is 4.00. The summed E-state index contributed by atoms with van der Waals surface area (Å²) in [6.45, 7) is 5.02. The molecule has 0 bridgehead atoms. The molecule has 0 fully saturated rings. The summed E-state index contributed by atoms with van der Waals surface area (Å²) >= 11 is 0. The third-order valence-corrected chi connectivity index (χ3v) is 5.43. The molecule has 6 nitrogen and oxygen atoms in total. The molecular formula is C24H25NO5. The van der Waals surface area contributed by atoms with Gasteiger partial charge in [0, 0.05) is 6.54 Å². The molecule has 0 N–H and O–H groups in total. The molecule has 1 atom stereocenters. The standard InChI is InChI=1S/C24H25NO5/c1-4-6-13-25-21(15-11-12-18(29-5-2)19(14-15)28-3)20-22(26)16-9-7-8-10-17(16)30-23(20)24(25)27/h7-12,14,21H,4-6,13H2,1-3H3/t21-/m1/s1. The number of carbonyl (C=O) groups is 1. The van der Waals surface area contributed by atoms with E-state index in [-0.39, 0.29) is 17.1 Å². The molecule has 0 saturated heterocycles. The largest absolute Gasteiger partial charge is 0.493 e. The average Bonchev–Trinajstić information content (AvgIpc) is 3.05. The number of benzene rings is 2. The number of nitrogens with zero attached hydrogens (tertiary/aromatic N) is 1.